The molecule has 184 valence electrons. The van der Waals surface area contributed by atoms with Crippen LogP contribution in [0.2, 0.25) is 0 Å². The van der Waals surface area contributed by atoms with E-state index in [2.05, 4.69) is 26.8 Å². The lowest BCUT2D eigenvalue weighted by atomic mass is 10.2. The molecule has 0 bridgehead atoms. The van der Waals surface area contributed by atoms with E-state index in [1.54, 1.807) is 38.8 Å². The maximum atomic E-state index is 13.1. The molecule has 0 radical (unpaired) electrons. The zero-order valence-corrected chi connectivity index (χ0v) is 20.6. The van der Waals surface area contributed by atoms with E-state index < -0.39 is 6.09 Å². The number of rotatable bonds is 5. The number of benzene rings is 2. The molecule has 0 unspecified atom stereocenters. The Bertz CT molecular complexity index is 1470. The zero-order chi connectivity index (χ0) is 25.2. The van der Waals surface area contributed by atoms with Gasteiger partial charge in [-0.3, -0.25) is 4.79 Å². The van der Waals surface area contributed by atoms with Crippen LogP contribution in [-0.4, -0.2) is 69.5 Å². The minimum Gasteiger partial charge on any atom is -0.493 e. The van der Waals surface area contributed by atoms with Crippen molar-refractivity contribution in [2.24, 2.45) is 0 Å². The fourth-order valence-electron chi connectivity index (χ4n) is 4.19. The normalized spacial score (nSPS) is 15.7. The Hall–Kier alpha value is -4.25. The molecule has 0 aliphatic carbocycles. The standard InChI is InChI=1S/C25H24N6O4S/c1-4-23(32)30-7-8-31(15(2)12-30)25(33)35-21-10-17-18(11-20(21)34-3)26-13-27-24(17)29-16-5-6-22-19(9-16)28-14-36-22/h4-6,9-11,13-15H,1,7-8,12H2,2-3H3,(H,26,27,29)/t15-/m1/s1. The molecule has 3 heterocycles. The SMILES string of the molecule is C=CC(=O)N1CCN(C(=O)Oc2cc3c(Nc4ccc5scnc5c4)ncnc3cc2OC)[C@H](C)C1. The van der Waals surface area contributed by atoms with Gasteiger partial charge in [-0.2, -0.15) is 0 Å². The van der Waals surface area contributed by atoms with Gasteiger partial charge in [0.1, 0.15) is 12.1 Å². The van der Waals surface area contributed by atoms with Crippen LogP contribution in [0.25, 0.3) is 21.1 Å². The number of hydrogen-bond acceptors (Lipinski definition) is 9. The van der Waals surface area contributed by atoms with Crippen LogP contribution in [0.15, 0.2) is 54.8 Å². The van der Waals surface area contributed by atoms with Gasteiger partial charge in [0, 0.05) is 42.8 Å². The molecule has 5 rings (SSSR count). The Morgan fingerprint density at radius 1 is 1.14 bits per heavy atom. The third-order valence-electron chi connectivity index (χ3n) is 6.06. The van der Waals surface area contributed by atoms with Crippen molar-refractivity contribution in [3.05, 3.63) is 54.8 Å². The Balaban J connectivity index is 1.41. The Labute approximate surface area is 211 Å². The first kappa shape index (κ1) is 23.5. The topological polar surface area (TPSA) is 110 Å². The van der Waals surface area contributed by atoms with E-state index in [0.717, 1.165) is 15.9 Å². The van der Waals surface area contributed by atoms with E-state index in [1.165, 1.54) is 19.5 Å². The minimum absolute atomic E-state index is 0.153. The Morgan fingerprint density at radius 3 is 2.78 bits per heavy atom. The summed E-state index contributed by atoms with van der Waals surface area (Å²) in [5, 5.41) is 3.98. The molecule has 0 spiro atoms. The second-order valence-electron chi connectivity index (χ2n) is 8.30. The van der Waals surface area contributed by atoms with Gasteiger partial charge in [0.2, 0.25) is 5.91 Å². The fraction of sp³-hybridized carbons (Fsp3) is 0.240. The highest BCUT2D eigenvalue weighted by molar-refractivity contribution is 7.16. The molecule has 2 aromatic heterocycles. The summed E-state index contributed by atoms with van der Waals surface area (Å²) >= 11 is 1.58. The molecule has 1 saturated heterocycles. The first-order valence-corrected chi connectivity index (χ1v) is 12.2. The number of piperazine rings is 1. The number of aromatic nitrogens is 3. The van der Waals surface area contributed by atoms with E-state index in [1.807, 2.05) is 25.1 Å². The number of nitrogens with one attached hydrogen (secondary N) is 1. The lowest BCUT2D eigenvalue weighted by Crippen LogP contribution is -2.55. The number of nitrogens with zero attached hydrogens (tertiary/aromatic N) is 5. The number of ether oxygens (including phenoxy) is 2. The van der Waals surface area contributed by atoms with Gasteiger partial charge >= 0.3 is 6.09 Å². The van der Waals surface area contributed by atoms with Gasteiger partial charge < -0.3 is 24.6 Å². The molecule has 2 amide bonds. The maximum Gasteiger partial charge on any atom is 0.415 e. The highest BCUT2D eigenvalue weighted by Crippen LogP contribution is 2.35. The van der Waals surface area contributed by atoms with Crippen molar-refractivity contribution in [3.63, 3.8) is 0 Å². The molecular weight excluding hydrogens is 480 g/mol. The largest absolute Gasteiger partial charge is 0.493 e. The second-order valence-corrected chi connectivity index (χ2v) is 9.19. The van der Waals surface area contributed by atoms with E-state index in [0.29, 0.717) is 42.1 Å². The molecule has 1 aliphatic heterocycles. The van der Waals surface area contributed by atoms with Crippen molar-refractivity contribution < 1.29 is 19.1 Å². The van der Waals surface area contributed by atoms with E-state index in [9.17, 15) is 9.59 Å². The van der Waals surface area contributed by atoms with Crippen LogP contribution >= 0.6 is 11.3 Å². The van der Waals surface area contributed by atoms with Crippen LogP contribution in [0, 0.1) is 0 Å². The second kappa shape index (κ2) is 9.78. The molecule has 36 heavy (non-hydrogen) atoms. The average Bonchev–Trinajstić information content (AvgIpc) is 3.36. The Morgan fingerprint density at radius 2 is 2.00 bits per heavy atom. The summed E-state index contributed by atoms with van der Waals surface area (Å²) in [5.41, 5.74) is 4.15. The summed E-state index contributed by atoms with van der Waals surface area (Å²) in [6.45, 7) is 6.56. The van der Waals surface area contributed by atoms with Gasteiger partial charge in [-0.25, -0.2) is 19.7 Å². The molecule has 1 N–H and O–H groups in total. The molecule has 1 fully saturated rings. The highest BCUT2D eigenvalue weighted by atomic mass is 32.1. The lowest BCUT2D eigenvalue weighted by molar-refractivity contribution is -0.128. The summed E-state index contributed by atoms with van der Waals surface area (Å²) < 4.78 is 12.4. The third kappa shape index (κ3) is 4.52. The van der Waals surface area contributed by atoms with Gasteiger partial charge in [-0.15, -0.1) is 11.3 Å². The molecule has 4 aromatic rings. The van der Waals surface area contributed by atoms with Gasteiger partial charge in [0.25, 0.3) is 0 Å². The number of amides is 2. The number of thiazole rings is 1. The van der Waals surface area contributed by atoms with Crippen molar-refractivity contribution in [1.82, 2.24) is 24.8 Å². The van der Waals surface area contributed by atoms with Crippen molar-refractivity contribution in [3.8, 4) is 11.5 Å². The molecule has 10 nitrogen and oxygen atoms in total. The van der Waals surface area contributed by atoms with Crippen molar-refractivity contribution >= 4 is 56.0 Å². The predicted molar refractivity (Wildman–Crippen MR) is 138 cm³/mol. The van der Waals surface area contributed by atoms with Crippen LogP contribution in [0.5, 0.6) is 11.5 Å². The number of hydrogen-bond donors (Lipinski definition) is 1. The number of fused-ring (bicyclic) bond motifs is 2. The molecule has 11 heteroatoms. The predicted octanol–water partition coefficient (Wildman–Crippen LogP) is 4.21. The van der Waals surface area contributed by atoms with E-state index in [4.69, 9.17) is 9.47 Å². The number of methoxy groups -OCH3 is 1. The quantitative estimate of drug-likeness (QED) is 0.403. The molecule has 1 atom stereocenters. The highest BCUT2D eigenvalue weighted by Gasteiger charge is 2.30. The first-order valence-electron chi connectivity index (χ1n) is 11.3. The number of carbonyl (C=O) groups is 2. The van der Waals surface area contributed by atoms with E-state index >= 15 is 0 Å². The van der Waals surface area contributed by atoms with Crippen molar-refractivity contribution in [1.29, 1.82) is 0 Å². The van der Waals surface area contributed by atoms with Crippen LogP contribution in [0.1, 0.15) is 6.92 Å². The summed E-state index contributed by atoms with van der Waals surface area (Å²) in [6, 6.07) is 9.08. The van der Waals surface area contributed by atoms with Gasteiger partial charge in [0.15, 0.2) is 11.5 Å². The summed E-state index contributed by atoms with van der Waals surface area (Å²) in [5.74, 6) is 1.02. The fourth-order valence-corrected chi connectivity index (χ4v) is 4.84. The van der Waals surface area contributed by atoms with E-state index in [-0.39, 0.29) is 17.7 Å². The summed E-state index contributed by atoms with van der Waals surface area (Å²) in [6.07, 6.45) is 2.22. The molecule has 2 aromatic carbocycles. The van der Waals surface area contributed by atoms with Crippen LogP contribution in [0.4, 0.5) is 16.3 Å². The Kier molecular flexibility index (Phi) is 6.38. The minimum atomic E-state index is -0.522. The summed E-state index contributed by atoms with van der Waals surface area (Å²) in [7, 11) is 1.50. The lowest BCUT2D eigenvalue weighted by Gasteiger charge is -2.38. The van der Waals surface area contributed by atoms with Crippen molar-refractivity contribution in [2.75, 3.05) is 32.1 Å². The third-order valence-corrected chi connectivity index (χ3v) is 6.87. The molecule has 0 saturated carbocycles. The molecular formula is C25H24N6O4S. The van der Waals surface area contributed by atoms with Gasteiger partial charge in [0.05, 0.1) is 28.4 Å². The molecule has 1 aliphatic rings. The van der Waals surface area contributed by atoms with Crippen LogP contribution < -0.4 is 14.8 Å². The van der Waals surface area contributed by atoms with Gasteiger partial charge in [-0.05, 0) is 37.3 Å². The van der Waals surface area contributed by atoms with Gasteiger partial charge in [-0.1, -0.05) is 6.58 Å². The van der Waals surface area contributed by atoms with Crippen LogP contribution in [-0.2, 0) is 4.79 Å². The smallest absolute Gasteiger partial charge is 0.415 e. The van der Waals surface area contributed by atoms with Crippen LogP contribution in [0.3, 0.4) is 0 Å². The average molecular weight is 505 g/mol. The van der Waals surface area contributed by atoms with Crippen molar-refractivity contribution in [2.45, 2.75) is 13.0 Å². The summed E-state index contributed by atoms with van der Waals surface area (Å²) in [4.78, 5) is 41.4. The number of carbonyl (C=O) groups excluding carboxylic acids is 2. The first-order chi connectivity index (χ1) is 17.5. The maximum absolute atomic E-state index is 13.1. The zero-order valence-electron chi connectivity index (χ0n) is 19.8. The number of anilines is 2. The monoisotopic (exact) mass is 504 g/mol.